The molecule has 7 heteroatoms. The Morgan fingerprint density at radius 2 is 1.93 bits per heavy atom. The second-order valence-electron chi connectivity index (χ2n) is 6.41. The Morgan fingerprint density at radius 3 is 2.74 bits per heavy atom. The maximum atomic E-state index is 12.8. The third kappa shape index (κ3) is 3.53. The normalized spacial score (nSPS) is 14.9. The van der Waals surface area contributed by atoms with Crippen molar-refractivity contribution in [1.29, 1.82) is 0 Å². The fourth-order valence-corrected chi connectivity index (χ4v) is 3.31. The second-order valence-corrected chi connectivity index (χ2v) is 6.41. The van der Waals surface area contributed by atoms with Crippen molar-refractivity contribution in [3.8, 4) is 11.8 Å². The van der Waals surface area contributed by atoms with Gasteiger partial charge < -0.3 is 14.4 Å². The number of aromatic nitrogens is 3. The number of carbonyl (C=O) groups excluding carboxylic acids is 1. The molecule has 4 rings (SSSR count). The number of piperidine rings is 1. The number of pyridine rings is 1. The minimum Gasteiger partial charge on any atom is -0.480 e. The summed E-state index contributed by atoms with van der Waals surface area (Å²) in [6.07, 6.45) is 4.81. The monoisotopic (exact) mass is 364 g/mol. The lowest BCUT2D eigenvalue weighted by Gasteiger charge is -2.32. The number of rotatable bonds is 4. The quantitative estimate of drug-likeness (QED) is 0.708. The Hall–Kier alpha value is -3.22. The molecule has 0 unspecified atom stereocenters. The first kappa shape index (κ1) is 17.2. The minimum absolute atomic E-state index is 0.00458. The Kier molecular flexibility index (Phi) is 4.82. The number of benzene rings is 1. The summed E-state index contributed by atoms with van der Waals surface area (Å²) in [6, 6.07) is 11.4. The van der Waals surface area contributed by atoms with Crippen LogP contribution in [-0.2, 0) is 0 Å². The van der Waals surface area contributed by atoms with Crippen LogP contribution >= 0.6 is 0 Å². The van der Waals surface area contributed by atoms with E-state index in [0.29, 0.717) is 30.4 Å². The van der Waals surface area contributed by atoms with E-state index in [-0.39, 0.29) is 12.0 Å². The molecule has 7 nitrogen and oxygen atoms in total. The molecular formula is C20H20N4O3. The van der Waals surface area contributed by atoms with Gasteiger partial charge in [-0.25, -0.2) is 4.98 Å². The fraction of sp³-hybridized carbons (Fsp3) is 0.300. The van der Waals surface area contributed by atoms with E-state index in [2.05, 4.69) is 15.2 Å². The average Bonchev–Trinajstić information content (AvgIpc) is 2.74. The van der Waals surface area contributed by atoms with Crippen molar-refractivity contribution in [2.24, 2.45) is 0 Å². The summed E-state index contributed by atoms with van der Waals surface area (Å²) in [5.74, 6) is 0.835. The molecule has 1 aliphatic rings. The van der Waals surface area contributed by atoms with E-state index < -0.39 is 0 Å². The molecule has 0 atom stereocenters. The van der Waals surface area contributed by atoms with Crippen LogP contribution in [0.4, 0.5) is 0 Å². The molecule has 1 aromatic carbocycles. The summed E-state index contributed by atoms with van der Waals surface area (Å²) in [6.45, 7) is 1.22. The van der Waals surface area contributed by atoms with Crippen LogP contribution in [0.2, 0.25) is 0 Å². The molecule has 138 valence electrons. The van der Waals surface area contributed by atoms with Crippen LogP contribution in [0.15, 0.2) is 48.8 Å². The number of amides is 1. The topological polar surface area (TPSA) is 77.4 Å². The van der Waals surface area contributed by atoms with Gasteiger partial charge in [-0.05, 0) is 18.2 Å². The fourth-order valence-electron chi connectivity index (χ4n) is 3.31. The molecule has 0 saturated carbocycles. The molecule has 3 heterocycles. The summed E-state index contributed by atoms with van der Waals surface area (Å²) in [4.78, 5) is 18.7. The summed E-state index contributed by atoms with van der Waals surface area (Å²) < 4.78 is 11.3. The number of likely N-dealkylation sites (tertiary alicyclic amines) is 1. The molecule has 27 heavy (non-hydrogen) atoms. The minimum atomic E-state index is -0.0663. The third-order valence-electron chi connectivity index (χ3n) is 4.74. The molecule has 0 bridgehead atoms. The summed E-state index contributed by atoms with van der Waals surface area (Å²) in [5.41, 5.74) is 0.485. The van der Waals surface area contributed by atoms with E-state index in [1.54, 1.807) is 24.5 Å². The zero-order valence-corrected chi connectivity index (χ0v) is 15.0. The van der Waals surface area contributed by atoms with Crippen LogP contribution in [-0.4, -0.2) is 52.3 Å². The smallest absolute Gasteiger partial charge is 0.259 e. The van der Waals surface area contributed by atoms with Crippen molar-refractivity contribution in [3.05, 3.63) is 54.4 Å². The first-order valence-corrected chi connectivity index (χ1v) is 8.91. The van der Waals surface area contributed by atoms with E-state index in [9.17, 15) is 4.79 Å². The van der Waals surface area contributed by atoms with Crippen LogP contribution in [0.1, 0.15) is 23.2 Å². The van der Waals surface area contributed by atoms with Crippen molar-refractivity contribution >= 4 is 16.7 Å². The highest BCUT2D eigenvalue weighted by Gasteiger charge is 2.27. The number of hydrogen-bond donors (Lipinski definition) is 0. The predicted octanol–water partition coefficient (Wildman–Crippen LogP) is 2.72. The molecule has 1 amide bonds. The van der Waals surface area contributed by atoms with Crippen LogP contribution in [0.5, 0.6) is 11.8 Å². The first-order valence-electron chi connectivity index (χ1n) is 8.91. The van der Waals surface area contributed by atoms with Gasteiger partial charge in [-0.15, -0.1) is 5.10 Å². The number of fused-ring (bicyclic) bond motifs is 1. The average molecular weight is 364 g/mol. The standard InChI is InChI=1S/C20H20N4O3/c1-26-18-17(7-4-10-21-18)20(25)24-11-8-15(9-12-24)27-19-16-6-3-2-5-14(16)13-22-23-19/h2-7,10,13,15H,8-9,11-12H2,1H3. The zero-order valence-electron chi connectivity index (χ0n) is 15.0. The maximum absolute atomic E-state index is 12.8. The van der Waals surface area contributed by atoms with Gasteiger partial charge >= 0.3 is 0 Å². The van der Waals surface area contributed by atoms with Crippen molar-refractivity contribution in [2.45, 2.75) is 18.9 Å². The lowest BCUT2D eigenvalue weighted by molar-refractivity contribution is 0.0585. The second kappa shape index (κ2) is 7.57. The van der Waals surface area contributed by atoms with Crippen LogP contribution in [0.3, 0.4) is 0 Å². The summed E-state index contributed by atoms with van der Waals surface area (Å²) in [5, 5.41) is 10.1. The molecule has 1 fully saturated rings. The molecule has 0 N–H and O–H groups in total. The van der Waals surface area contributed by atoms with Gasteiger partial charge in [0, 0.05) is 42.9 Å². The van der Waals surface area contributed by atoms with Crippen molar-refractivity contribution < 1.29 is 14.3 Å². The SMILES string of the molecule is COc1ncccc1C(=O)N1CCC(Oc2nncc3ccccc23)CC1. The van der Waals surface area contributed by atoms with Crippen LogP contribution in [0.25, 0.3) is 10.8 Å². The Balaban J connectivity index is 1.42. The highest BCUT2D eigenvalue weighted by molar-refractivity contribution is 5.96. The lowest BCUT2D eigenvalue weighted by atomic mass is 10.1. The Labute approximate surface area is 156 Å². The predicted molar refractivity (Wildman–Crippen MR) is 99.9 cm³/mol. The number of carbonyl (C=O) groups is 1. The van der Waals surface area contributed by atoms with Gasteiger partial charge in [-0.2, -0.15) is 5.10 Å². The molecule has 3 aromatic rings. The van der Waals surface area contributed by atoms with E-state index in [4.69, 9.17) is 9.47 Å². The number of nitrogens with zero attached hydrogens (tertiary/aromatic N) is 4. The Morgan fingerprint density at radius 1 is 1.11 bits per heavy atom. The van der Waals surface area contributed by atoms with Gasteiger partial charge in [0.2, 0.25) is 11.8 Å². The number of ether oxygens (including phenoxy) is 2. The number of hydrogen-bond acceptors (Lipinski definition) is 6. The summed E-state index contributed by atoms with van der Waals surface area (Å²) in [7, 11) is 1.52. The van der Waals surface area contributed by atoms with Gasteiger partial charge in [0.1, 0.15) is 11.7 Å². The van der Waals surface area contributed by atoms with Gasteiger partial charge in [-0.3, -0.25) is 4.79 Å². The Bertz CT molecular complexity index is 949. The first-order chi connectivity index (χ1) is 13.3. The van der Waals surface area contributed by atoms with Gasteiger partial charge in [-0.1, -0.05) is 18.2 Å². The molecular weight excluding hydrogens is 344 g/mol. The number of methoxy groups -OCH3 is 1. The highest BCUT2D eigenvalue weighted by atomic mass is 16.5. The lowest BCUT2D eigenvalue weighted by Crippen LogP contribution is -2.42. The van der Waals surface area contributed by atoms with Gasteiger partial charge in [0.25, 0.3) is 5.91 Å². The van der Waals surface area contributed by atoms with E-state index in [1.165, 1.54) is 7.11 Å². The summed E-state index contributed by atoms with van der Waals surface area (Å²) >= 11 is 0. The van der Waals surface area contributed by atoms with Crippen molar-refractivity contribution in [3.63, 3.8) is 0 Å². The van der Waals surface area contributed by atoms with E-state index >= 15 is 0 Å². The molecule has 2 aromatic heterocycles. The largest absolute Gasteiger partial charge is 0.480 e. The molecule has 0 spiro atoms. The molecule has 0 radical (unpaired) electrons. The van der Waals surface area contributed by atoms with Crippen molar-refractivity contribution in [1.82, 2.24) is 20.1 Å². The van der Waals surface area contributed by atoms with Crippen LogP contribution < -0.4 is 9.47 Å². The van der Waals surface area contributed by atoms with Crippen molar-refractivity contribution in [2.75, 3.05) is 20.2 Å². The van der Waals surface area contributed by atoms with E-state index in [0.717, 1.165) is 23.6 Å². The molecule has 1 saturated heterocycles. The van der Waals surface area contributed by atoms with Gasteiger partial charge in [0.15, 0.2) is 0 Å². The molecule has 0 aliphatic carbocycles. The maximum Gasteiger partial charge on any atom is 0.259 e. The zero-order chi connectivity index (χ0) is 18.6. The van der Waals surface area contributed by atoms with Gasteiger partial charge in [0.05, 0.1) is 13.3 Å². The highest BCUT2D eigenvalue weighted by Crippen LogP contribution is 2.26. The van der Waals surface area contributed by atoms with Crippen LogP contribution in [0, 0.1) is 0 Å². The molecule has 1 aliphatic heterocycles. The van der Waals surface area contributed by atoms with E-state index in [1.807, 2.05) is 29.2 Å². The third-order valence-corrected chi connectivity index (χ3v) is 4.74.